The average molecular weight is 306 g/mol. The third-order valence-electron chi connectivity index (χ3n) is 3.56. The van der Waals surface area contributed by atoms with Crippen LogP contribution in [0.25, 0.3) is 0 Å². The van der Waals surface area contributed by atoms with E-state index in [1.54, 1.807) is 0 Å². The Morgan fingerprint density at radius 1 is 1.09 bits per heavy atom. The molecule has 0 aromatic heterocycles. The van der Waals surface area contributed by atoms with Gasteiger partial charge in [0.05, 0.1) is 6.04 Å². The molecule has 0 aliphatic heterocycles. The SMILES string of the molecule is CCc1ccc(C(C)NC(=O)C(=O)NCCCCCO)cc1. The highest BCUT2D eigenvalue weighted by atomic mass is 16.3. The van der Waals surface area contributed by atoms with Gasteiger partial charge in [-0.15, -0.1) is 0 Å². The summed E-state index contributed by atoms with van der Waals surface area (Å²) in [6, 6.07) is 7.78. The molecular formula is C17H26N2O3. The van der Waals surface area contributed by atoms with Gasteiger partial charge in [0.25, 0.3) is 0 Å². The van der Waals surface area contributed by atoms with Crippen molar-refractivity contribution in [3.63, 3.8) is 0 Å². The van der Waals surface area contributed by atoms with Gasteiger partial charge >= 0.3 is 11.8 Å². The van der Waals surface area contributed by atoms with Crippen molar-refractivity contribution < 1.29 is 14.7 Å². The van der Waals surface area contributed by atoms with Crippen LogP contribution in [0, 0.1) is 0 Å². The van der Waals surface area contributed by atoms with Crippen molar-refractivity contribution >= 4 is 11.8 Å². The van der Waals surface area contributed by atoms with Gasteiger partial charge in [-0.25, -0.2) is 0 Å². The van der Waals surface area contributed by atoms with Gasteiger partial charge in [-0.1, -0.05) is 31.2 Å². The van der Waals surface area contributed by atoms with Crippen LogP contribution in [0.2, 0.25) is 0 Å². The van der Waals surface area contributed by atoms with Gasteiger partial charge in [-0.05, 0) is 43.7 Å². The first-order valence-electron chi connectivity index (χ1n) is 7.86. The van der Waals surface area contributed by atoms with Crippen LogP contribution in [-0.4, -0.2) is 30.1 Å². The highest BCUT2D eigenvalue weighted by Gasteiger charge is 2.16. The summed E-state index contributed by atoms with van der Waals surface area (Å²) in [6.45, 7) is 4.55. The van der Waals surface area contributed by atoms with Gasteiger partial charge in [-0.2, -0.15) is 0 Å². The van der Waals surface area contributed by atoms with Crippen LogP contribution >= 0.6 is 0 Å². The Hall–Kier alpha value is -1.88. The molecule has 1 unspecified atom stereocenters. The van der Waals surface area contributed by atoms with E-state index in [9.17, 15) is 9.59 Å². The Labute approximate surface area is 132 Å². The Morgan fingerprint density at radius 3 is 2.36 bits per heavy atom. The van der Waals surface area contributed by atoms with E-state index in [1.165, 1.54) is 5.56 Å². The smallest absolute Gasteiger partial charge is 0.309 e. The monoisotopic (exact) mass is 306 g/mol. The molecule has 0 saturated heterocycles. The fourth-order valence-corrected chi connectivity index (χ4v) is 2.08. The van der Waals surface area contributed by atoms with Gasteiger partial charge in [-0.3, -0.25) is 9.59 Å². The molecular weight excluding hydrogens is 280 g/mol. The van der Waals surface area contributed by atoms with E-state index in [4.69, 9.17) is 5.11 Å². The van der Waals surface area contributed by atoms with Crippen LogP contribution in [-0.2, 0) is 16.0 Å². The maximum atomic E-state index is 11.8. The standard InChI is InChI=1S/C17H26N2O3/c1-3-14-7-9-15(10-8-14)13(2)19-17(22)16(21)18-11-5-4-6-12-20/h7-10,13,20H,3-6,11-12H2,1-2H3,(H,18,21)(H,19,22). The summed E-state index contributed by atoms with van der Waals surface area (Å²) in [5.41, 5.74) is 2.21. The fraction of sp³-hybridized carbons (Fsp3) is 0.529. The number of rotatable bonds is 8. The number of aliphatic hydroxyl groups is 1. The normalized spacial score (nSPS) is 11.8. The quantitative estimate of drug-likeness (QED) is 0.505. The predicted octanol–water partition coefficient (Wildman–Crippen LogP) is 1.70. The lowest BCUT2D eigenvalue weighted by Crippen LogP contribution is -2.41. The van der Waals surface area contributed by atoms with Crippen LogP contribution < -0.4 is 10.6 Å². The van der Waals surface area contributed by atoms with Crippen molar-refractivity contribution in [3.05, 3.63) is 35.4 Å². The number of hydrogen-bond donors (Lipinski definition) is 3. The Bertz CT molecular complexity index is 471. The molecule has 2 amide bonds. The molecule has 1 atom stereocenters. The fourth-order valence-electron chi connectivity index (χ4n) is 2.08. The summed E-state index contributed by atoms with van der Waals surface area (Å²) in [5.74, 6) is -1.23. The molecule has 5 nitrogen and oxygen atoms in total. The van der Waals surface area contributed by atoms with Crippen molar-refractivity contribution in [2.75, 3.05) is 13.2 Å². The van der Waals surface area contributed by atoms with E-state index >= 15 is 0 Å². The van der Waals surface area contributed by atoms with Gasteiger partial charge in [0, 0.05) is 13.2 Å². The highest BCUT2D eigenvalue weighted by molar-refractivity contribution is 6.35. The third-order valence-corrected chi connectivity index (χ3v) is 3.56. The van der Waals surface area contributed by atoms with E-state index in [1.807, 2.05) is 31.2 Å². The molecule has 0 aliphatic carbocycles. The molecule has 22 heavy (non-hydrogen) atoms. The number of hydrogen-bond acceptors (Lipinski definition) is 3. The van der Waals surface area contributed by atoms with E-state index in [2.05, 4.69) is 17.6 Å². The molecule has 0 saturated carbocycles. The van der Waals surface area contributed by atoms with Crippen molar-refractivity contribution in [2.45, 2.75) is 45.6 Å². The van der Waals surface area contributed by atoms with Crippen molar-refractivity contribution in [1.82, 2.24) is 10.6 Å². The molecule has 0 spiro atoms. The first-order valence-corrected chi connectivity index (χ1v) is 7.86. The summed E-state index contributed by atoms with van der Waals surface area (Å²) in [5, 5.41) is 13.9. The first kappa shape index (κ1) is 18.2. The summed E-state index contributed by atoms with van der Waals surface area (Å²) >= 11 is 0. The molecule has 0 aliphatic rings. The number of nitrogens with one attached hydrogen (secondary N) is 2. The zero-order valence-electron chi connectivity index (χ0n) is 13.4. The summed E-state index contributed by atoms with van der Waals surface area (Å²) in [6.07, 6.45) is 3.28. The Kier molecular flexibility index (Phi) is 8.22. The van der Waals surface area contributed by atoms with Crippen LogP contribution in [0.1, 0.15) is 50.3 Å². The van der Waals surface area contributed by atoms with E-state index in [0.717, 1.165) is 24.8 Å². The molecule has 0 radical (unpaired) electrons. The number of carbonyl (C=O) groups excluding carboxylic acids is 2. The number of amides is 2. The number of aliphatic hydroxyl groups excluding tert-OH is 1. The summed E-state index contributed by atoms with van der Waals surface area (Å²) in [4.78, 5) is 23.5. The van der Waals surface area contributed by atoms with Crippen LogP contribution in [0.5, 0.6) is 0 Å². The number of carbonyl (C=O) groups is 2. The van der Waals surface area contributed by atoms with Gasteiger partial charge < -0.3 is 15.7 Å². The van der Waals surface area contributed by atoms with Crippen molar-refractivity contribution in [1.29, 1.82) is 0 Å². The summed E-state index contributed by atoms with van der Waals surface area (Å²) < 4.78 is 0. The second kappa shape index (κ2) is 9.95. The zero-order valence-corrected chi connectivity index (χ0v) is 13.4. The molecule has 1 aromatic rings. The number of unbranched alkanes of at least 4 members (excludes halogenated alkanes) is 2. The van der Waals surface area contributed by atoms with Crippen molar-refractivity contribution in [2.24, 2.45) is 0 Å². The number of aryl methyl sites for hydroxylation is 1. The second-order valence-corrected chi connectivity index (χ2v) is 5.33. The molecule has 5 heteroatoms. The maximum Gasteiger partial charge on any atom is 0.309 e. The number of benzene rings is 1. The van der Waals surface area contributed by atoms with E-state index in [0.29, 0.717) is 13.0 Å². The Morgan fingerprint density at radius 2 is 1.77 bits per heavy atom. The minimum absolute atomic E-state index is 0.156. The topological polar surface area (TPSA) is 78.4 Å². The van der Waals surface area contributed by atoms with Gasteiger partial charge in [0.15, 0.2) is 0 Å². The van der Waals surface area contributed by atoms with E-state index < -0.39 is 11.8 Å². The van der Waals surface area contributed by atoms with Crippen LogP contribution in [0.4, 0.5) is 0 Å². The van der Waals surface area contributed by atoms with Crippen LogP contribution in [0.15, 0.2) is 24.3 Å². The minimum atomic E-state index is -0.616. The summed E-state index contributed by atoms with van der Waals surface area (Å²) in [7, 11) is 0. The lowest BCUT2D eigenvalue weighted by atomic mass is 10.1. The molecule has 0 fully saturated rings. The third kappa shape index (κ3) is 6.26. The van der Waals surface area contributed by atoms with Crippen molar-refractivity contribution in [3.8, 4) is 0 Å². The maximum absolute atomic E-state index is 11.8. The molecule has 1 rings (SSSR count). The molecule has 0 heterocycles. The lowest BCUT2D eigenvalue weighted by Gasteiger charge is -2.14. The second-order valence-electron chi connectivity index (χ2n) is 5.33. The van der Waals surface area contributed by atoms with Gasteiger partial charge in [0.1, 0.15) is 0 Å². The van der Waals surface area contributed by atoms with E-state index in [-0.39, 0.29) is 12.6 Å². The zero-order chi connectivity index (χ0) is 16.4. The minimum Gasteiger partial charge on any atom is -0.396 e. The molecule has 1 aromatic carbocycles. The molecule has 0 bridgehead atoms. The lowest BCUT2D eigenvalue weighted by molar-refractivity contribution is -0.139. The predicted molar refractivity (Wildman–Crippen MR) is 86.3 cm³/mol. The molecule has 122 valence electrons. The van der Waals surface area contributed by atoms with Gasteiger partial charge in [0.2, 0.25) is 0 Å². The largest absolute Gasteiger partial charge is 0.396 e. The molecule has 3 N–H and O–H groups in total. The van der Waals surface area contributed by atoms with Crippen LogP contribution in [0.3, 0.4) is 0 Å². The first-order chi connectivity index (χ1) is 10.6. The average Bonchev–Trinajstić information content (AvgIpc) is 2.54. The Balaban J connectivity index is 2.37. The highest BCUT2D eigenvalue weighted by Crippen LogP contribution is 2.13.